The molecule has 114 valence electrons. The molecular formula is C19H22N2O. The van der Waals surface area contributed by atoms with E-state index >= 15 is 0 Å². The Kier molecular flexibility index (Phi) is 3.99. The highest BCUT2D eigenvalue weighted by Gasteiger charge is 2.43. The van der Waals surface area contributed by atoms with Gasteiger partial charge in [-0.2, -0.15) is 0 Å². The Labute approximate surface area is 132 Å². The maximum atomic E-state index is 11.3. The first kappa shape index (κ1) is 14.8. The highest BCUT2D eigenvalue weighted by atomic mass is 16.1. The lowest BCUT2D eigenvalue weighted by molar-refractivity contribution is -0.123. The van der Waals surface area contributed by atoms with E-state index in [0.717, 1.165) is 13.1 Å². The van der Waals surface area contributed by atoms with Gasteiger partial charge in [-0.1, -0.05) is 60.7 Å². The number of likely N-dealkylation sites (tertiary alicyclic amines) is 1. The lowest BCUT2D eigenvalue weighted by atomic mass is 9.86. The second-order valence-corrected chi connectivity index (χ2v) is 6.37. The van der Waals surface area contributed by atoms with E-state index in [9.17, 15) is 4.79 Å². The number of amides is 1. The zero-order valence-corrected chi connectivity index (χ0v) is 13.1. The van der Waals surface area contributed by atoms with Crippen molar-refractivity contribution in [3.63, 3.8) is 0 Å². The average molecular weight is 294 g/mol. The van der Waals surface area contributed by atoms with Gasteiger partial charge in [0.1, 0.15) is 0 Å². The maximum absolute atomic E-state index is 11.3. The molecule has 0 bridgehead atoms. The lowest BCUT2D eigenvalue weighted by Gasteiger charge is -2.52. The number of carbonyl (C=O) groups excluding carboxylic acids is 1. The van der Waals surface area contributed by atoms with Gasteiger partial charge in [0.2, 0.25) is 5.91 Å². The first-order chi connectivity index (χ1) is 10.6. The molecule has 1 heterocycles. The van der Waals surface area contributed by atoms with Crippen LogP contribution in [0.1, 0.15) is 31.0 Å². The summed E-state index contributed by atoms with van der Waals surface area (Å²) in [6.45, 7) is 5.42. The predicted molar refractivity (Wildman–Crippen MR) is 88.5 cm³/mol. The van der Waals surface area contributed by atoms with Gasteiger partial charge in [-0.15, -0.1) is 0 Å². The molecular weight excluding hydrogens is 272 g/mol. The Balaban J connectivity index is 1.84. The van der Waals surface area contributed by atoms with Gasteiger partial charge < -0.3 is 5.32 Å². The zero-order valence-electron chi connectivity index (χ0n) is 13.1. The Hall–Kier alpha value is -2.13. The van der Waals surface area contributed by atoms with Gasteiger partial charge in [0.25, 0.3) is 0 Å². The Morgan fingerprint density at radius 3 is 1.86 bits per heavy atom. The molecule has 0 aromatic heterocycles. The zero-order chi connectivity index (χ0) is 15.6. The van der Waals surface area contributed by atoms with Gasteiger partial charge in [-0.3, -0.25) is 9.69 Å². The van der Waals surface area contributed by atoms with Crippen molar-refractivity contribution in [2.75, 3.05) is 13.1 Å². The summed E-state index contributed by atoms with van der Waals surface area (Å²) in [7, 11) is 0. The third-order valence-electron chi connectivity index (χ3n) is 4.18. The van der Waals surface area contributed by atoms with Crippen LogP contribution in [0.4, 0.5) is 0 Å². The Morgan fingerprint density at radius 2 is 1.45 bits per heavy atom. The van der Waals surface area contributed by atoms with Crippen LogP contribution in [0.15, 0.2) is 60.7 Å². The molecule has 0 atom stereocenters. The summed E-state index contributed by atoms with van der Waals surface area (Å²) >= 11 is 0. The maximum Gasteiger partial charge on any atom is 0.217 e. The van der Waals surface area contributed by atoms with Gasteiger partial charge in [0.05, 0.1) is 11.6 Å². The van der Waals surface area contributed by atoms with Gasteiger partial charge in [0, 0.05) is 20.0 Å². The SMILES string of the molecule is CC(=O)NC1(C)CN(C(c2ccccc2)c2ccccc2)C1. The average Bonchev–Trinajstić information content (AvgIpc) is 2.47. The number of benzene rings is 2. The monoisotopic (exact) mass is 294 g/mol. The molecule has 0 saturated carbocycles. The van der Waals surface area contributed by atoms with Gasteiger partial charge in [-0.05, 0) is 18.1 Å². The molecule has 1 N–H and O–H groups in total. The number of hydrogen-bond donors (Lipinski definition) is 1. The number of hydrogen-bond acceptors (Lipinski definition) is 2. The molecule has 22 heavy (non-hydrogen) atoms. The van der Waals surface area contributed by atoms with Crippen molar-refractivity contribution < 1.29 is 4.79 Å². The normalized spacial score (nSPS) is 17.0. The number of carbonyl (C=O) groups is 1. The second kappa shape index (κ2) is 5.93. The molecule has 0 radical (unpaired) electrons. The summed E-state index contributed by atoms with van der Waals surface area (Å²) in [6, 6.07) is 21.3. The largest absolute Gasteiger partial charge is 0.349 e. The topological polar surface area (TPSA) is 32.3 Å². The summed E-state index contributed by atoms with van der Waals surface area (Å²) in [4.78, 5) is 13.8. The van der Waals surface area contributed by atoms with Crippen molar-refractivity contribution in [1.29, 1.82) is 0 Å². The van der Waals surface area contributed by atoms with E-state index in [1.165, 1.54) is 11.1 Å². The quantitative estimate of drug-likeness (QED) is 0.940. The fraction of sp³-hybridized carbons (Fsp3) is 0.316. The summed E-state index contributed by atoms with van der Waals surface area (Å²) < 4.78 is 0. The van der Waals surface area contributed by atoms with Crippen LogP contribution in [0, 0.1) is 0 Å². The molecule has 1 fully saturated rings. The van der Waals surface area contributed by atoms with Crippen LogP contribution in [0.3, 0.4) is 0 Å². The molecule has 0 unspecified atom stereocenters. The van der Waals surface area contributed by atoms with Gasteiger partial charge in [-0.25, -0.2) is 0 Å². The predicted octanol–water partition coefficient (Wildman–Crippen LogP) is 2.99. The molecule has 1 aliphatic heterocycles. The van der Waals surface area contributed by atoms with Crippen molar-refractivity contribution in [2.45, 2.75) is 25.4 Å². The lowest BCUT2D eigenvalue weighted by Crippen LogP contribution is -2.68. The first-order valence-electron chi connectivity index (χ1n) is 7.70. The molecule has 2 aromatic rings. The van der Waals surface area contributed by atoms with E-state index < -0.39 is 0 Å². The minimum Gasteiger partial charge on any atom is -0.349 e. The molecule has 0 aliphatic carbocycles. The van der Waals surface area contributed by atoms with Crippen LogP contribution >= 0.6 is 0 Å². The number of nitrogens with zero attached hydrogens (tertiary/aromatic N) is 1. The Bertz CT molecular complexity index is 593. The van der Waals surface area contributed by atoms with E-state index in [1.54, 1.807) is 6.92 Å². The van der Waals surface area contributed by atoms with Gasteiger partial charge in [0.15, 0.2) is 0 Å². The van der Waals surface area contributed by atoms with Crippen molar-refractivity contribution in [2.24, 2.45) is 0 Å². The summed E-state index contributed by atoms with van der Waals surface area (Å²) in [6.07, 6.45) is 0. The van der Waals surface area contributed by atoms with Crippen molar-refractivity contribution in [3.05, 3.63) is 71.8 Å². The van der Waals surface area contributed by atoms with E-state index in [2.05, 4.69) is 65.7 Å². The molecule has 1 saturated heterocycles. The highest BCUT2D eigenvalue weighted by Crippen LogP contribution is 2.35. The third-order valence-corrected chi connectivity index (χ3v) is 4.18. The molecule has 3 nitrogen and oxygen atoms in total. The standard InChI is InChI=1S/C19H22N2O/c1-15(22)20-19(2)13-21(14-19)18(16-9-5-3-6-10-16)17-11-7-4-8-12-17/h3-12,18H,13-14H2,1-2H3,(H,20,22). The first-order valence-corrected chi connectivity index (χ1v) is 7.70. The van der Waals surface area contributed by atoms with Crippen LogP contribution in [-0.4, -0.2) is 29.4 Å². The van der Waals surface area contributed by atoms with E-state index in [-0.39, 0.29) is 17.5 Å². The molecule has 2 aromatic carbocycles. The summed E-state index contributed by atoms with van der Waals surface area (Å²) in [5.41, 5.74) is 2.46. The van der Waals surface area contributed by atoms with E-state index in [0.29, 0.717) is 0 Å². The third kappa shape index (κ3) is 3.04. The summed E-state index contributed by atoms with van der Waals surface area (Å²) in [5, 5.41) is 3.06. The number of rotatable bonds is 4. The minimum atomic E-state index is -0.117. The highest BCUT2D eigenvalue weighted by molar-refractivity contribution is 5.74. The smallest absolute Gasteiger partial charge is 0.217 e. The molecule has 3 heteroatoms. The fourth-order valence-electron chi connectivity index (χ4n) is 3.42. The van der Waals surface area contributed by atoms with Crippen LogP contribution in [-0.2, 0) is 4.79 Å². The minimum absolute atomic E-state index is 0.0399. The van der Waals surface area contributed by atoms with Crippen molar-refractivity contribution in [1.82, 2.24) is 10.2 Å². The van der Waals surface area contributed by atoms with Crippen LogP contribution in [0.2, 0.25) is 0 Å². The summed E-state index contributed by atoms with van der Waals surface area (Å²) in [5.74, 6) is 0.0399. The second-order valence-electron chi connectivity index (χ2n) is 6.37. The van der Waals surface area contributed by atoms with Crippen molar-refractivity contribution >= 4 is 5.91 Å². The fourth-order valence-corrected chi connectivity index (χ4v) is 3.42. The van der Waals surface area contributed by atoms with Crippen LogP contribution in [0.5, 0.6) is 0 Å². The molecule has 3 rings (SSSR count). The van der Waals surface area contributed by atoms with Crippen molar-refractivity contribution in [3.8, 4) is 0 Å². The Morgan fingerprint density at radius 1 is 1.00 bits per heavy atom. The number of nitrogens with one attached hydrogen (secondary N) is 1. The van der Waals surface area contributed by atoms with Gasteiger partial charge >= 0.3 is 0 Å². The molecule has 0 spiro atoms. The van der Waals surface area contributed by atoms with E-state index in [4.69, 9.17) is 0 Å². The van der Waals surface area contributed by atoms with Crippen LogP contribution < -0.4 is 5.32 Å². The molecule has 1 aliphatic rings. The van der Waals surface area contributed by atoms with E-state index in [1.807, 2.05) is 12.1 Å². The van der Waals surface area contributed by atoms with Crippen LogP contribution in [0.25, 0.3) is 0 Å². The molecule has 1 amide bonds.